The molecule has 0 radical (unpaired) electrons. The van der Waals surface area contributed by atoms with E-state index in [9.17, 15) is 0 Å². The maximum Gasteiger partial charge on any atom is 0.0466 e. The van der Waals surface area contributed by atoms with E-state index in [1.54, 1.807) is 10.8 Å². The number of aliphatic hydroxyl groups excluding tert-OH is 1. The topological polar surface area (TPSA) is 29.5 Å². The van der Waals surface area contributed by atoms with E-state index in [4.69, 9.17) is 9.84 Å². The molecule has 0 aliphatic heterocycles. The first-order valence-electron chi connectivity index (χ1n) is 4.36. The highest BCUT2D eigenvalue weighted by molar-refractivity contribution is 8.68. The molecule has 0 aromatic heterocycles. The monoisotopic (exact) mass is 210 g/mol. The highest BCUT2D eigenvalue weighted by Crippen LogP contribution is 2.07. The third-order valence-electron chi connectivity index (χ3n) is 1.47. The summed E-state index contributed by atoms with van der Waals surface area (Å²) in [7, 11) is 1.58. The molecular weight excluding hydrogens is 192 g/mol. The Morgan fingerprint density at radius 3 is 2.33 bits per heavy atom. The molecule has 0 bridgehead atoms. The van der Waals surface area contributed by atoms with Crippen molar-refractivity contribution in [3.8, 4) is 0 Å². The van der Waals surface area contributed by atoms with E-state index < -0.39 is 0 Å². The van der Waals surface area contributed by atoms with E-state index >= 15 is 0 Å². The van der Waals surface area contributed by atoms with E-state index in [1.165, 1.54) is 6.42 Å². The Balaban J connectivity index is 2.73. The maximum absolute atomic E-state index is 8.47. The fourth-order valence-corrected chi connectivity index (χ4v) is 1.51. The molecule has 0 aromatic rings. The standard InChI is InChI=1S/C8H18O2S2/c9-5-1-2-6-10-7-3-4-8-12-11/h9,11H,1-8H2. The van der Waals surface area contributed by atoms with Crippen LogP contribution in [0.3, 0.4) is 0 Å². The molecule has 0 unspecified atom stereocenters. The molecule has 0 heterocycles. The number of ether oxygens (including phenoxy) is 1. The fraction of sp³-hybridized carbons (Fsp3) is 1.00. The van der Waals surface area contributed by atoms with Gasteiger partial charge in [-0.25, -0.2) is 0 Å². The summed E-state index contributed by atoms with van der Waals surface area (Å²) in [5.41, 5.74) is 0. The average molecular weight is 210 g/mol. The van der Waals surface area contributed by atoms with E-state index in [1.807, 2.05) is 0 Å². The number of hydrogen-bond donors (Lipinski definition) is 2. The van der Waals surface area contributed by atoms with Gasteiger partial charge in [-0.15, -0.1) is 11.7 Å². The van der Waals surface area contributed by atoms with Crippen LogP contribution in [0.5, 0.6) is 0 Å². The summed E-state index contributed by atoms with van der Waals surface area (Å²) >= 11 is 4.04. The van der Waals surface area contributed by atoms with Crippen molar-refractivity contribution in [1.82, 2.24) is 0 Å². The van der Waals surface area contributed by atoms with Crippen LogP contribution in [0.15, 0.2) is 0 Å². The minimum absolute atomic E-state index is 0.277. The molecular formula is C8H18O2S2. The molecule has 0 saturated carbocycles. The molecule has 0 saturated heterocycles. The van der Waals surface area contributed by atoms with Gasteiger partial charge in [-0.1, -0.05) is 10.8 Å². The summed E-state index contributed by atoms with van der Waals surface area (Å²) < 4.78 is 5.34. The van der Waals surface area contributed by atoms with Crippen molar-refractivity contribution in [1.29, 1.82) is 0 Å². The van der Waals surface area contributed by atoms with Crippen LogP contribution < -0.4 is 0 Å². The molecule has 0 aromatic carbocycles. The average Bonchev–Trinajstić information content (AvgIpc) is 2.10. The zero-order chi connectivity index (χ0) is 9.07. The van der Waals surface area contributed by atoms with Crippen LogP contribution in [0.2, 0.25) is 0 Å². The normalized spacial score (nSPS) is 10.5. The first kappa shape index (κ1) is 12.6. The molecule has 12 heavy (non-hydrogen) atoms. The van der Waals surface area contributed by atoms with Crippen molar-refractivity contribution in [2.75, 3.05) is 25.6 Å². The predicted octanol–water partition coefficient (Wildman–Crippen LogP) is 2.13. The lowest BCUT2D eigenvalue weighted by Gasteiger charge is -2.02. The molecule has 0 spiro atoms. The molecule has 0 fully saturated rings. The Kier molecular flexibility index (Phi) is 12.2. The Labute approximate surface area is 83.9 Å². The smallest absolute Gasteiger partial charge is 0.0466 e. The summed E-state index contributed by atoms with van der Waals surface area (Å²) in [4.78, 5) is 0. The molecule has 74 valence electrons. The first-order chi connectivity index (χ1) is 5.91. The Hall–Kier alpha value is 0.620. The number of rotatable bonds is 9. The third-order valence-corrected chi connectivity index (χ3v) is 2.49. The lowest BCUT2D eigenvalue weighted by atomic mass is 10.3. The van der Waals surface area contributed by atoms with Gasteiger partial charge in [0.2, 0.25) is 0 Å². The van der Waals surface area contributed by atoms with Crippen molar-refractivity contribution >= 4 is 22.5 Å². The zero-order valence-electron chi connectivity index (χ0n) is 7.37. The van der Waals surface area contributed by atoms with Crippen molar-refractivity contribution < 1.29 is 9.84 Å². The summed E-state index contributed by atoms with van der Waals surface area (Å²) in [6.45, 7) is 1.91. The molecule has 0 aliphatic carbocycles. The molecule has 0 atom stereocenters. The van der Waals surface area contributed by atoms with Crippen LogP contribution in [0.25, 0.3) is 0 Å². The second-order valence-electron chi connectivity index (χ2n) is 2.58. The molecule has 2 nitrogen and oxygen atoms in total. The van der Waals surface area contributed by atoms with Gasteiger partial charge in [-0.3, -0.25) is 0 Å². The molecule has 0 aliphatic rings. The maximum atomic E-state index is 8.47. The number of hydrogen-bond acceptors (Lipinski definition) is 4. The van der Waals surface area contributed by atoms with Gasteiger partial charge in [0, 0.05) is 25.6 Å². The Morgan fingerprint density at radius 2 is 1.75 bits per heavy atom. The van der Waals surface area contributed by atoms with Gasteiger partial charge in [-0.05, 0) is 25.7 Å². The Morgan fingerprint density at radius 1 is 1.08 bits per heavy atom. The summed E-state index contributed by atoms with van der Waals surface area (Å²) in [6.07, 6.45) is 4.12. The van der Waals surface area contributed by atoms with Gasteiger partial charge in [-0.2, -0.15) is 0 Å². The highest BCUT2D eigenvalue weighted by Gasteiger charge is 1.89. The quantitative estimate of drug-likeness (QED) is 0.347. The van der Waals surface area contributed by atoms with Crippen LogP contribution in [-0.2, 0) is 4.74 Å². The minimum Gasteiger partial charge on any atom is -0.396 e. The van der Waals surface area contributed by atoms with E-state index in [-0.39, 0.29) is 6.61 Å². The van der Waals surface area contributed by atoms with Gasteiger partial charge in [0.15, 0.2) is 0 Å². The number of unbranched alkanes of at least 4 members (excludes halogenated alkanes) is 2. The fourth-order valence-electron chi connectivity index (χ4n) is 0.789. The van der Waals surface area contributed by atoms with Gasteiger partial charge >= 0.3 is 0 Å². The van der Waals surface area contributed by atoms with Crippen LogP contribution >= 0.6 is 22.5 Å². The zero-order valence-corrected chi connectivity index (χ0v) is 9.08. The molecule has 0 amide bonds. The van der Waals surface area contributed by atoms with Gasteiger partial charge in [0.05, 0.1) is 0 Å². The number of thiol groups is 1. The van der Waals surface area contributed by atoms with Gasteiger partial charge in [0.25, 0.3) is 0 Å². The van der Waals surface area contributed by atoms with Crippen LogP contribution in [0, 0.1) is 0 Å². The van der Waals surface area contributed by atoms with E-state index in [0.29, 0.717) is 0 Å². The van der Waals surface area contributed by atoms with Crippen LogP contribution in [-0.4, -0.2) is 30.7 Å². The predicted molar refractivity (Wildman–Crippen MR) is 57.8 cm³/mol. The van der Waals surface area contributed by atoms with Crippen molar-refractivity contribution in [2.45, 2.75) is 25.7 Å². The highest BCUT2D eigenvalue weighted by atomic mass is 33.1. The van der Waals surface area contributed by atoms with Crippen molar-refractivity contribution in [3.05, 3.63) is 0 Å². The second-order valence-corrected chi connectivity index (χ2v) is 4.02. The summed E-state index contributed by atoms with van der Waals surface area (Å²) in [5.74, 6) is 1.10. The lowest BCUT2D eigenvalue weighted by molar-refractivity contribution is 0.122. The number of aliphatic hydroxyl groups is 1. The van der Waals surface area contributed by atoms with E-state index in [2.05, 4.69) is 11.7 Å². The molecule has 0 rings (SSSR count). The third kappa shape index (κ3) is 10.6. The summed E-state index contributed by atoms with van der Waals surface area (Å²) in [5, 5.41) is 8.47. The minimum atomic E-state index is 0.277. The first-order valence-corrected chi connectivity index (χ1v) is 6.40. The van der Waals surface area contributed by atoms with Gasteiger partial charge in [0.1, 0.15) is 0 Å². The molecule has 4 heteroatoms. The van der Waals surface area contributed by atoms with E-state index in [0.717, 1.165) is 38.2 Å². The molecule has 1 N–H and O–H groups in total. The second kappa shape index (κ2) is 11.6. The van der Waals surface area contributed by atoms with Crippen LogP contribution in [0.1, 0.15) is 25.7 Å². The van der Waals surface area contributed by atoms with Gasteiger partial charge < -0.3 is 9.84 Å². The SMILES string of the molecule is OCCCCOCCCCSS. The van der Waals surface area contributed by atoms with Crippen LogP contribution in [0.4, 0.5) is 0 Å². The summed E-state index contributed by atoms with van der Waals surface area (Å²) in [6, 6.07) is 0. The largest absolute Gasteiger partial charge is 0.396 e. The van der Waals surface area contributed by atoms with Crippen molar-refractivity contribution in [3.63, 3.8) is 0 Å². The lowest BCUT2D eigenvalue weighted by Crippen LogP contribution is -1.98. The Bertz CT molecular complexity index is 71.5. The van der Waals surface area contributed by atoms with Crippen molar-refractivity contribution in [2.24, 2.45) is 0 Å².